The van der Waals surface area contributed by atoms with Gasteiger partial charge in [0.05, 0.1) is 11.4 Å². The van der Waals surface area contributed by atoms with Crippen LogP contribution in [0.2, 0.25) is 0 Å². The smallest absolute Gasteiger partial charge is 0.286 e. The van der Waals surface area contributed by atoms with Crippen LogP contribution in [0, 0.1) is 24.7 Å². The molecule has 0 saturated carbocycles. The Bertz CT molecular complexity index is 1280. The van der Waals surface area contributed by atoms with Gasteiger partial charge < -0.3 is 4.74 Å². The van der Waals surface area contributed by atoms with Crippen LogP contribution in [0.4, 0.5) is 0 Å². The number of amides is 1. The van der Waals surface area contributed by atoms with Gasteiger partial charge in [-0.1, -0.05) is 73.2 Å². The summed E-state index contributed by atoms with van der Waals surface area (Å²) in [7, 11) is 0. The monoisotopic (exact) mass is 494 g/mol. The van der Waals surface area contributed by atoms with Crippen molar-refractivity contribution < 1.29 is 9.53 Å². The first-order valence-electron chi connectivity index (χ1n) is 11.6. The molecule has 0 saturated heterocycles. The molecular formula is C30H30N4O3. The van der Waals surface area contributed by atoms with Gasteiger partial charge in [0.15, 0.2) is 0 Å². The highest BCUT2D eigenvalue weighted by atomic mass is 16.5. The zero-order valence-corrected chi connectivity index (χ0v) is 21.1. The molecule has 7 nitrogen and oxygen atoms in total. The molecule has 4 rings (SSSR count). The van der Waals surface area contributed by atoms with Gasteiger partial charge in [-0.3, -0.25) is 9.79 Å². The highest BCUT2D eigenvalue weighted by Crippen LogP contribution is 2.27. The fraction of sp³-hybridized carbons (Fsp3) is 0.167. The highest BCUT2D eigenvalue weighted by molar-refractivity contribution is 6.12. The summed E-state index contributed by atoms with van der Waals surface area (Å²) < 4.78 is 6.00. The van der Waals surface area contributed by atoms with E-state index in [1.807, 2.05) is 36.4 Å². The molecule has 0 fully saturated rings. The summed E-state index contributed by atoms with van der Waals surface area (Å²) in [6.45, 7) is 8.35. The van der Waals surface area contributed by atoms with Gasteiger partial charge in [-0.15, -0.1) is 17.8 Å². The molecule has 3 aromatic carbocycles. The number of hydrogen-bond acceptors (Lipinski definition) is 6. The van der Waals surface area contributed by atoms with Crippen LogP contribution in [-0.2, 0) is 11.4 Å². The summed E-state index contributed by atoms with van der Waals surface area (Å²) in [4.78, 5) is 23.5. The predicted octanol–water partition coefficient (Wildman–Crippen LogP) is 6.23. The molecule has 1 aliphatic rings. The number of aryl methyl sites for hydroxylation is 1. The minimum atomic E-state index is -0.588. The lowest BCUT2D eigenvalue weighted by Gasteiger charge is -2.25. The number of rotatable bonds is 7. The Kier molecular flexibility index (Phi) is 11.7. The average molecular weight is 495 g/mol. The van der Waals surface area contributed by atoms with Crippen LogP contribution in [0.3, 0.4) is 0 Å². The number of ether oxygens (including phenoxy) is 1. The standard InChI is InChI=1S/C25H23N3O.C3H5NO2.C2H2/c1-19-8-6-11-21(14-19)24-16-25(28(26-2)18-27-24)22-12-7-13-23(15-22)29-17-20-9-4-3-5-10-20;1-2-3(5)4-6;1-2/h3-16H,2,17-18H2,1H3;2H2,1H3;1-2H. The second-order valence-corrected chi connectivity index (χ2v) is 7.77. The van der Waals surface area contributed by atoms with Gasteiger partial charge in [0.2, 0.25) is 0 Å². The molecule has 0 spiro atoms. The number of carbonyl (C=O) groups is 1. The van der Waals surface area contributed by atoms with Crippen LogP contribution in [0.1, 0.15) is 35.6 Å². The van der Waals surface area contributed by atoms with Crippen LogP contribution in [0.15, 0.2) is 100 Å². The van der Waals surface area contributed by atoms with Crippen molar-refractivity contribution >= 4 is 24.0 Å². The number of terminal acetylenes is 1. The lowest BCUT2D eigenvalue weighted by Crippen LogP contribution is -2.22. The van der Waals surface area contributed by atoms with E-state index in [4.69, 9.17) is 9.64 Å². The van der Waals surface area contributed by atoms with E-state index in [1.165, 1.54) is 5.56 Å². The van der Waals surface area contributed by atoms with E-state index in [0.29, 0.717) is 13.3 Å². The number of carbonyl (C=O) groups excluding carboxylic acids is 1. The third-order valence-electron chi connectivity index (χ3n) is 5.19. The Morgan fingerprint density at radius 2 is 1.73 bits per heavy atom. The maximum absolute atomic E-state index is 9.70. The number of benzene rings is 3. The Morgan fingerprint density at radius 1 is 1.03 bits per heavy atom. The first kappa shape index (κ1) is 28.4. The van der Waals surface area contributed by atoms with Crippen molar-refractivity contribution in [1.29, 1.82) is 0 Å². The molecule has 1 heterocycles. The first-order valence-corrected chi connectivity index (χ1v) is 11.6. The van der Waals surface area contributed by atoms with Gasteiger partial charge in [-0.2, -0.15) is 5.10 Å². The lowest BCUT2D eigenvalue weighted by atomic mass is 10.0. The summed E-state index contributed by atoms with van der Waals surface area (Å²) >= 11 is 0. The van der Waals surface area contributed by atoms with E-state index in [0.717, 1.165) is 33.8 Å². The number of aliphatic imine (C=N–C) groups is 1. The molecule has 1 aliphatic heterocycles. The zero-order valence-electron chi connectivity index (χ0n) is 21.1. The predicted molar refractivity (Wildman–Crippen MR) is 150 cm³/mol. The third kappa shape index (κ3) is 8.71. The highest BCUT2D eigenvalue weighted by Gasteiger charge is 2.17. The molecule has 3 aromatic rings. The molecule has 7 heteroatoms. The van der Waals surface area contributed by atoms with Crippen LogP contribution >= 0.6 is 0 Å². The van der Waals surface area contributed by atoms with Gasteiger partial charge in [0.25, 0.3) is 5.91 Å². The molecule has 188 valence electrons. The molecule has 0 radical (unpaired) electrons. The van der Waals surface area contributed by atoms with Crippen molar-refractivity contribution in [3.05, 3.63) is 112 Å². The number of allylic oxidation sites excluding steroid dienone is 1. The second-order valence-electron chi connectivity index (χ2n) is 7.77. The largest absolute Gasteiger partial charge is 0.489 e. The summed E-state index contributed by atoms with van der Waals surface area (Å²) in [5.41, 5.74) is 6.36. The van der Waals surface area contributed by atoms with E-state index in [1.54, 1.807) is 11.9 Å². The van der Waals surface area contributed by atoms with Crippen molar-refractivity contribution in [3.63, 3.8) is 0 Å². The number of hydrazone groups is 1. The van der Waals surface area contributed by atoms with Crippen LogP contribution in [-0.4, -0.2) is 30.0 Å². The molecule has 37 heavy (non-hydrogen) atoms. The van der Waals surface area contributed by atoms with Gasteiger partial charge in [0.1, 0.15) is 19.0 Å². The molecule has 0 bridgehead atoms. The second kappa shape index (κ2) is 15.2. The molecule has 0 N–H and O–H groups in total. The number of hydrogen-bond donors (Lipinski definition) is 0. The van der Waals surface area contributed by atoms with E-state index in [9.17, 15) is 4.79 Å². The molecular weight excluding hydrogens is 464 g/mol. The zero-order chi connectivity index (χ0) is 27.0. The van der Waals surface area contributed by atoms with Gasteiger partial charge in [-0.25, -0.2) is 5.01 Å². The number of nitroso groups, excluding NO2 is 1. The van der Waals surface area contributed by atoms with Crippen LogP contribution in [0.5, 0.6) is 5.75 Å². The van der Waals surface area contributed by atoms with Gasteiger partial charge in [-0.05, 0) is 36.8 Å². The van der Waals surface area contributed by atoms with Gasteiger partial charge >= 0.3 is 0 Å². The van der Waals surface area contributed by atoms with Crippen molar-refractivity contribution in [2.24, 2.45) is 15.3 Å². The van der Waals surface area contributed by atoms with Crippen LogP contribution in [0.25, 0.3) is 5.70 Å². The van der Waals surface area contributed by atoms with E-state index < -0.39 is 5.91 Å². The molecule has 0 aromatic heterocycles. The first-order chi connectivity index (χ1) is 18.0. The molecule has 0 unspecified atom stereocenters. The van der Waals surface area contributed by atoms with Crippen LogP contribution < -0.4 is 4.74 Å². The SMILES string of the molecule is C#C.C=NN1CN=C(c2cccc(C)c2)C=C1c1cccc(OCc2ccccc2)c1.CCC(=O)N=O. The van der Waals surface area contributed by atoms with Gasteiger partial charge in [0, 0.05) is 29.4 Å². The maximum atomic E-state index is 9.70. The summed E-state index contributed by atoms with van der Waals surface area (Å²) in [6.07, 6.45) is 10.3. The Labute approximate surface area is 218 Å². The normalized spacial score (nSPS) is 11.8. The minimum absolute atomic E-state index is 0.212. The fourth-order valence-electron chi connectivity index (χ4n) is 3.35. The van der Waals surface area contributed by atoms with Crippen molar-refractivity contribution in [3.8, 4) is 18.6 Å². The summed E-state index contributed by atoms with van der Waals surface area (Å²) in [6, 6.07) is 26.6. The van der Waals surface area contributed by atoms with Crippen molar-refractivity contribution in [1.82, 2.24) is 5.01 Å². The molecule has 1 amide bonds. The van der Waals surface area contributed by atoms with Crippen molar-refractivity contribution in [2.75, 3.05) is 6.67 Å². The molecule has 0 aliphatic carbocycles. The topological polar surface area (TPSA) is 83.7 Å². The third-order valence-corrected chi connectivity index (χ3v) is 5.19. The van der Waals surface area contributed by atoms with E-state index in [-0.39, 0.29) is 6.42 Å². The summed E-state index contributed by atoms with van der Waals surface area (Å²) in [5.74, 6) is 0.228. The minimum Gasteiger partial charge on any atom is -0.489 e. The Hall–Kier alpha value is -4.83. The Morgan fingerprint density at radius 3 is 2.35 bits per heavy atom. The van der Waals surface area contributed by atoms with Crippen molar-refractivity contribution in [2.45, 2.75) is 26.9 Å². The summed E-state index contributed by atoms with van der Waals surface area (Å²) in [5, 5.41) is 8.06. The Balaban J connectivity index is 0.000000531. The molecule has 0 atom stereocenters. The van der Waals surface area contributed by atoms with E-state index in [2.05, 4.69) is 90.3 Å². The quantitative estimate of drug-likeness (QED) is 0.221. The number of nitrogens with zero attached hydrogens (tertiary/aromatic N) is 4. The fourth-order valence-corrected chi connectivity index (χ4v) is 3.35. The maximum Gasteiger partial charge on any atom is 0.286 e. The average Bonchev–Trinajstić information content (AvgIpc) is 2.97. The lowest BCUT2D eigenvalue weighted by molar-refractivity contribution is -0.117. The van der Waals surface area contributed by atoms with E-state index >= 15 is 0 Å².